The zero-order valence-corrected chi connectivity index (χ0v) is 15.0. The predicted octanol–water partition coefficient (Wildman–Crippen LogP) is 4.95. The maximum atomic E-state index is 12.7. The van der Waals surface area contributed by atoms with Crippen LogP contribution in [-0.2, 0) is 9.47 Å². The lowest BCUT2D eigenvalue weighted by Gasteiger charge is -2.12. The van der Waals surface area contributed by atoms with E-state index in [1.54, 1.807) is 6.07 Å². The van der Waals surface area contributed by atoms with Gasteiger partial charge in [-0.2, -0.15) is 0 Å². The summed E-state index contributed by atoms with van der Waals surface area (Å²) in [6.07, 6.45) is 1.96. The molecule has 1 saturated heterocycles. The van der Waals surface area contributed by atoms with Crippen LogP contribution in [-0.4, -0.2) is 30.3 Å². The van der Waals surface area contributed by atoms with Crippen molar-refractivity contribution in [2.75, 3.05) is 13.2 Å². The fourth-order valence-electron chi connectivity index (χ4n) is 2.94. The summed E-state index contributed by atoms with van der Waals surface area (Å²) in [5.74, 6) is -0.349. The van der Waals surface area contributed by atoms with E-state index >= 15 is 0 Å². The molecule has 0 bridgehead atoms. The molecule has 4 rings (SSSR count). The van der Waals surface area contributed by atoms with E-state index in [4.69, 9.17) is 21.1 Å². The van der Waals surface area contributed by atoms with Gasteiger partial charge in [-0.25, -0.2) is 9.78 Å². The molecule has 1 unspecified atom stereocenters. The number of halogens is 1. The van der Waals surface area contributed by atoms with Crippen molar-refractivity contribution in [1.29, 1.82) is 0 Å². The van der Waals surface area contributed by atoms with Gasteiger partial charge in [-0.05, 0) is 37.1 Å². The number of para-hydroxylation sites is 1. The van der Waals surface area contributed by atoms with E-state index in [1.807, 2.05) is 36.4 Å². The summed E-state index contributed by atoms with van der Waals surface area (Å²) in [4.78, 5) is 18.3. The highest BCUT2D eigenvalue weighted by Crippen LogP contribution is 2.32. The summed E-state index contributed by atoms with van der Waals surface area (Å²) in [6, 6.07) is 13.1. The molecule has 0 aliphatic carbocycles. The number of ether oxygens (including phenoxy) is 2. The van der Waals surface area contributed by atoms with Gasteiger partial charge in [-0.3, -0.25) is 0 Å². The third-order valence-corrected chi connectivity index (χ3v) is 5.44. The number of esters is 1. The Morgan fingerprint density at radius 2 is 2.20 bits per heavy atom. The second-order valence-corrected chi connectivity index (χ2v) is 7.62. The number of rotatable bonds is 4. The van der Waals surface area contributed by atoms with Crippen molar-refractivity contribution in [1.82, 2.24) is 4.98 Å². The van der Waals surface area contributed by atoms with Gasteiger partial charge in [0.15, 0.2) is 0 Å². The number of hydrogen-bond donors (Lipinski definition) is 0. The monoisotopic (exact) mass is 373 g/mol. The van der Waals surface area contributed by atoms with Crippen molar-refractivity contribution in [2.24, 2.45) is 0 Å². The number of carbonyl (C=O) groups excluding carboxylic acids is 1. The zero-order chi connectivity index (χ0) is 17.2. The van der Waals surface area contributed by atoms with Crippen LogP contribution < -0.4 is 0 Å². The largest absolute Gasteiger partial charge is 0.459 e. The topological polar surface area (TPSA) is 48.4 Å². The molecule has 0 spiro atoms. The molecule has 0 radical (unpaired) electrons. The van der Waals surface area contributed by atoms with Crippen LogP contribution in [0.3, 0.4) is 0 Å². The highest BCUT2D eigenvalue weighted by atomic mass is 35.5. The Morgan fingerprint density at radius 3 is 2.96 bits per heavy atom. The summed E-state index contributed by atoms with van der Waals surface area (Å²) in [5, 5.41) is 0.784. The lowest BCUT2D eigenvalue weighted by Crippen LogP contribution is -2.18. The van der Waals surface area contributed by atoms with Crippen LogP contribution in [0.2, 0.25) is 4.34 Å². The van der Waals surface area contributed by atoms with Gasteiger partial charge < -0.3 is 9.47 Å². The number of pyridine rings is 1. The Labute approximate surface area is 154 Å². The number of carbonyl (C=O) groups is 1. The van der Waals surface area contributed by atoms with Crippen LogP contribution in [0.5, 0.6) is 0 Å². The molecule has 3 heterocycles. The van der Waals surface area contributed by atoms with Crippen LogP contribution in [0.15, 0.2) is 42.5 Å². The highest BCUT2D eigenvalue weighted by molar-refractivity contribution is 7.19. The van der Waals surface area contributed by atoms with E-state index in [9.17, 15) is 4.79 Å². The molecule has 128 valence electrons. The molecule has 0 amide bonds. The SMILES string of the molecule is O=C(OCC1CCCO1)c1cc(-c2ccc(Cl)s2)nc2ccccc12. The van der Waals surface area contributed by atoms with Crippen molar-refractivity contribution in [3.8, 4) is 10.6 Å². The van der Waals surface area contributed by atoms with Crippen molar-refractivity contribution in [3.63, 3.8) is 0 Å². The van der Waals surface area contributed by atoms with Crippen molar-refractivity contribution >= 4 is 39.8 Å². The third kappa shape index (κ3) is 3.54. The molecule has 2 aromatic heterocycles. The first-order valence-corrected chi connectivity index (χ1v) is 9.34. The molecule has 1 fully saturated rings. The predicted molar refractivity (Wildman–Crippen MR) is 99.3 cm³/mol. The summed E-state index contributed by atoms with van der Waals surface area (Å²) in [6.45, 7) is 1.03. The summed E-state index contributed by atoms with van der Waals surface area (Å²) in [7, 11) is 0. The van der Waals surface area contributed by atoms with E-state index in [0.717, 1.165) is 40.9 Å². The fourth-order valence-corrected chi connectivity index (χ4v) is 3.95. The van der Waals surface area contributed by atoms with Gasteiger partial charge in [0.05, 0.1) is 32.1 Å². The molecule has 1 atom stereocenters. The normalized spacial score (nSPS) is 17.1. The fraction of sp³-hybridized carbons (Fsp3) is 0.263. The molecule has 3 aromatic rings. The molecular weight excluding hydrogens is 358 g/mol. The van der Waals surface area contributed by atoms with Gasteiger partial charge in [0, 0.05) is 12.0 Å². The number of hydrogen-bond acceptors (Lipinski definition) is 5. The van der Waals surface area contributed by atoms with Crippen molar-refractivity contribution in [2.45, 2.75) is 18.9 Å². The maximum absolute atomic E-state index is 12.7. The number of nitrogens with zero attached hydrogens (tertiary/aromatic N) is 1. The highest BCUT2D eigenvalue weighted by Gasteiger charge is 2.20. The van der Waals surface area contributed by atoms with Crippen molar-refractivity contribution < 1.29 is 14.3 Å². The lowest BCUT2D eigenvalue weighted by atomic mass is 10.1. The molecule has 1 aromatic carbocycles. The van der Waals surface area contributed by atoms with Crippen molar-refractivity contribution in [3.05, 3.63) is 52.4 Å². The van der Waals surface area contributed by atoms with Gasteiger partial charge in [0.25, 0.3) is 0 Å². The minimum Gasteiger partial charge on any atom is -0.459 e. The molecule has 1 aliphatic rings. The van der Waals surface area contributed by atoms with Gasteiger partial charge >= 0.3 is 5.97 Å². The van der Waals surface area contributed by atoms with Gasteiger partial charge in [0.1, 0.15) is 6.61 Å². The first kappa shape index (κ1) is 16.5. The number of fused-ring (bicyclic) bond motifs is 1. The van der Waals surface area contributed by atoms with Gasteiger partial charge in [0.2, 0.25) is 0 Å². The maximum Gasteiger partial charge on any atom is 0.338 e. The quantitative estimate of drug-likeness (QED) is 0.607. The average molecular weight is 374 g/mol. The van der Waals surface area contributed by atoms with E-state index in [1.165, 1.54) is 11.3 Å². The van der Waals surface area contributed by atoms with E-state index in [-0.39, 0.29) is 18.7 Å². The van der Waals surface area contributed by atoms with Gasteiger partial charge in [-0.1, -0.05) is 29.8 Å². The van der Waals surface area contributed by atoms with Crippen LogP contribution in [0.1, 0.15) is 23.2 Å². The first-order chi connectivity index (χ1) is 12.2. The number of benzene rings is 1. The minimum absolute atomic E-state index is 0.00706. The molecule has 4 nitrogen and oxygen atoms in total. The second-order valence-electron chi connectivity index (χ2n) is 5.91. The first-order valence-electron chi connectivity index (χ1n) is 8.15. The Balaban J connectivity index is 1.69. The Morgan fingerprint density at radius 1 is 1.32 bits per heavy atom. The van der Waals surface area contributed by atoms with Crippen LogP contribution in [0, 0.1) is 0 Å². The molecule has 0 saturated carbocycles. The molecule has 0 N–H and O–H groups in total. The standard InChI is InChI=1S/C19H16ClNO3S/c20-18-8-7-17(25-18)16-10-14(13-5-1-2-6-15(13)21-16)19(22)24-11-12-4-3-9-23-12/h1-2,5-8,10,12H,3-4,9,11H2. The Bertz CT molecular complexity index is 918. The smallest absolute Gasteiger partial charge is 0.338 e. The summed E-state index contributed by atoms with van der Waals surface area (Å²) in [5.41, 5.74) is 2.00. The van der Waals surface area contributed by atoms with E-state index in [0.29, 0.717) is 9.90 Å². The van der Waals surface area contributed by atoms with Crippen LogP contribution in [0.4, 0.5) is 0 Å². The third-order valence-electron chi connectivity index (χ3n) is 4.19. The van der Waals surface area contributed by atoms with E-state index in [2.05, 4.69) is 4.98 Å². The zero-order valence-electron chi connectivity index (χ0n) is 13.4. The minimum atomic E-state index is -0.349. The van der Waals surface area contributed by atoms with Gasteiger partial charge in [-0.15, -0.1) is 11.3 Å². The lowest BCUT2D eigenvalue weighted by molar-refractivity contribution is 0.0163. The van der Waals surface area contributed by atoms with E-state index < -0.39 is 0 Å². The second kappa shape index (κ2) is 7.12. The Kier molecular flexibility index (Phi) is 4.70. The average Bonchev–Trinajstić information content (AvgIpc) is 3.30. The summed E-state index contributed by atoms with van der Waals surface area (Å²) >= 11 is 7.47. The molecule has 25 heavy (non-hydrogen) atoms. The van der Waals surface area contributed by atoms with Crippen LogP contribution >= 0.6 is 22.9 Å². The Hall–Kier alpha value is -1.95. The summed E-state index contributed by atoms with van der Waals surface area (Å²) < 4.78 is 11.7. The molecule has 1 aliphatic heterocycles. The number of aromatic nitrogens is 1. The van der Waals surface area contributed by atoms with Crippen LogP contribution in [0.25, 0.3) is 21.5 Å². The molecule has 6 heteroatoms. The molecular formula is C19H16ClNO3S. The number of thiophene rings is 1.